The predicted molar refractivity (Wildman–Crippen MR) is 121 cm³/mol. The topological polar surface area (TPSA) is 135 Å². The molecular weight excluding hydrogens is 456 g/mol. The van der Waals surface area contributed by atoms with Gasteiger partial charge in [0.05, 0.1) is 19.2 Å². The Bertz CT molecular complexity index is 1340. The molecule has 3 aromatic rings. The van der Waals surface area contributed by atoms with Crippen molar-refractivity contribution in [3.05, 3.63) is 94.6 Å². The molecule has 10 nitrogen and oxygen atoms in total. The van der Waals surface area contributed by atoms with Gasteiger partial charge in [-0.3, -0.25) is 9.69 Å². The average Bonchev–Trinajstić information content (AvgIpc) is 3.43. The highest BCUT2D eigenvalue weighted by molar-refractivity contribution is 6.13. The molecule has 35 heavy (non-hydrogen) atoms. The van der Waals surface area contributed by atoms with E-state index in [1.807, 2.05) is 0 Å². The predicted octanol–water partition coefficient (Wildman–Crippen LogP) is 3.44. The second-order valence-corrected chi connectivity index (χ2v) is 7.50. The number of imide groups is 1. The number of urea groups is 1. The van der Waals surface area contributed by atoms with Gasteiger partial charge in [-0.05, 0) is 53.6 Å². The lowest BCUT2D eigenvalue weighted by Gasteiger charge is -2.09. The van der Waals surface area contributed by atoms with Crippen LogP contribution in [0.5, 0.6) is 5.75 Å². The summed E-state index contributed by atoms with van der Waals surface area (Å²) in [5, 5.41) is 11.6. The van der Waals surface area contributed by atoms with Crippen LogP contribution >= 0.6 is 0 Å². The Labute approximate surface area is 199 Å². The van der Waals surface area contributed by atoms with E-state index in [-0.39, 0.29) is 35.9 Å². The molecule has 2 heterocycles. The van der Waals surface area contributed by atoms with Crippen LogP contribution in [0.3, 0.4) is 0 Å². The summed E-state index contributed by atoms with van der Waals surface area (Å²) in [5.41, 5.74) is 1.54. The number of furan rings is 1. The minimum atomic E-state index is -1.02. The van der Waals surface area contributed by atoms with E-state index >= 15 is 0 Å². The molecule has 10 heteroatoms. The number of carbonyl (C=O) groups is 4. The molecule has 0 saturated carbocycles. The third-order valence-electron chi connectivity index (χ3n) is 5.07. The van der Waals surface area contributed by atoms with Crippen molar-refractivity contribution in [1.29, 1.82) is 0 Å². The van der Waals surface area contributed by atoms with Gasteiger partial charge in [0.15, 0.2) is 0 Å². The van der Waals surface area contributed by atoms with Crippen molar-refractivity contribution in [2.45, 2.75) is 13.2 Å². The third kappa shape index (κ3) is 5.38. The van der Waals surface area contributed by atoms with Gasteiger partial charge in [0.2, 0.25) is 5.76 Å². The van der Waals surface area contributed by atoms with E-state index in [1.165, 1.54) is 37.5 Å². The van der Waals surface area contributed by atoms with Crippen LogP contribution in [0.4, 0.5) is 4.79 Å². The monoisotopic (exact) mass is 476 g/mol. The number of carboxylic acid groups (broad SMARTS) is 1. The Morgan fingerprint density at radius 1 is 1.09 bits per heavy atom. The van der Waals surface area contributed by atoms with Crippen LogP contribution < -0.4 is 10.1 Å². The number of carboxylic acids is 1. The molecular formula is C25H20N2O8. The molecule has 4 rings (SSSR count). The van der Waals surface area contributed by atoms with Crippen LogP contribution in [0.25, 0.3) is 6.08 Å². The fourth-order valence-corrected chi connectivity index (χ4v) is 3.37. The summed E-state index contributed by atoms with van der Waals surface area (Å²) in [7, 11) is 1.22. The molecule has 2 N–H and O–H groups in total. The summed E-state index contributed by atoms with van der Waals surface area (Å²) in [6.45, 7) is -0.00113. The van der Waals surface area contributed by atoms with Gasteiger partial charge in [0.1, 0.15) is 23.8 Å². The van der Waals surface area contributed by atoms with Gasteiger partial charge in [-0.1, -0.05) is 24.3 Å². The zero-order chi connectivity index (χ0) is 24.9. The molecule has 178 valence electrons. The Hall–Kier alpha value is -4.86. The van der Waals surface area contributed by atoms with E-state index in [4.69, 9.17) is 14.3 Å². The number of carbonyl (C=O) groups excluding carboxylic acids is 3. The molecule has 0 spiro atoms. The van der Waals surface area contributed by atoms with Crippen molar-refractivity contribution in [3.8, 4) is 5.75 Å². The summed E-state index contributed by atoms with van der Waals surface area (Å²) >= 11 is 0. The van der Waals surface area contributed by atoms with Crippen molar-refractivity contribution in [1.82, 2.24) is 10.2 Å². The fourth-order valence-electron chi connectivity index (χ4n) is 3.37. The first-order chi connectivity index (χ1) is 16.8. The first-order valence-electron chi connectivity index (χ1n) is 10.4. The number of esters is 1. The van der Waals surface area contributed by atoms with Crippen LogP contribution in [-0.4, -0.2) is 41.0 Å². The molecule has 2 aromatic carbocycles. The lowest BCUT2D eigenvalue weighted by molar-refractivity contribution is -0.123. The number of nitrogens with zero attached hydrogens (tertiary/aromatic N) is 1. The normalized spacial score (nSPS) is 14.2. The maximum Gasteiger partial charge on any atom is 0.373 e. The smallest absolute Gasteiger partial charge is 0.373 e. The number of rotatable bonds is 8. The summed E-state index contributed by atoms with van der Waals surface area (Å²) in [5.74, 6) is -1.52. The first kappa shape index (κ1) is 23.3. The highest BCUT2D eigenvalue weighted by atomic mass is 16.5. The number of aromatic carboxylic acids is 1. The van der Waals surface area contributed by atoms with E-state index in [0.29, 0.717) is 16.9 Å². The lowest BCUT2D eigenvalue weighted by atomic mass is 10.1. The van der Waals surface area contributed by atoms with Gasteiger partial charge in [-0.2, -0.15) is 0 Å². The Kier molecular flexibility index (Phi) is 6.63. The molecule has 0 radical (unpaired) electrons. The zero-order valence-electron chi connectivity index (χ0n) is 18.5. The quantitative estimate of drug-likeness (QED) is 0.287. The van der Waals surface area contributed by atoms with Gasteiger partial charge in [-0.15, -0.1) is 0 Å². The minimum absolute atomic E-state index is 0.0307. The van der Waals surface area contributed by atoms with Crippen LogP contribution in [-0.2, 0) is 22.7 Å². The number of benzene rings is 2. The minimum Gasteiger partial charge on any atom is -0.489 e. The number of hydrogen-bond acceptors (Lipinski definition) is 7. The third-order valence-corrected chi connectivity index (χ3v) is 5.07. The lowest BCUT2D eigenvalue weighted by Crippen LogP contribution is -2.30. The summed E-state index contributed by atoms with van der Waals surface area (Å²) in [4.78, 5) is 48.7. The van der Waals surface area contributed by atoms with E-state index in [1.54, 1.807) is 36.4 Å². The number of hydrogen-bond donors (Lipinski definition) is 2. The highest BCUT2D eigenvalue weighted by Gasteiger charge is 2.34. The molecule has 1 aliphatic heterocycles. The number of methoxy groups -OCH3 is 1. The molecule has 0 aliphatic carbocycles. The fraction of sp³-hybridized carbons (Fsp3) is 0.120. The molecule has 0 bridgehead atoms. The second kappa shape index (κ2) is 9.96. The number of nitrogens with one attached hydrogen (secondary N) is 1. The molecule has 0 atom stereocenters. The van der Waals surface area contributed by atoms with Gasteiger partial charge in [-0.25, -0.2) is 14.4 Å². The molecule has 1 aromatic heterocycles. The molecule has 1 saturated heterocycles. The summed E-state index contributed by atoms with van der Waals surface area (Å²) < 4.78 is 15.7. The molecule has 3 amide bonds. The van der Waals surface area contributed by atoms with E-state index < -0.39 is 23.9 Å². The Morgan fingerprint density at radius 2 is 1.89 bits per heavy atom. The Balaban J connectivity index is 1.43. The average molecular weight is 476 g/mol. The van der Waals surface area contributed by atoms with E-state index in [9.17, 15) is 19.2 Å². The van der Waals surface area contributed by atoms with Crippen molar-refractivity contribution >= 4 is 30.0 Å². The largest absolute Gasteiger partial charge is 0.489 e. The van der Waals surface area contributed by atoms with Crippen molar-refractivity contribution < 1.29 is 38.2 Å². The molecule has 1 aliphatic rings. The second-order valence-electron chi connectivity index (χ2n) is 7.50. The van der Waals surface area contributed by atoms with Gasteiger partial charge in [0, 0.05) is 0 Å². The van der Waals surface area contributed by atoms with E-state index in [0.717, 1.165) is 4.90 Å². The van der Waals surface area contributed by atoms with Gasteiger partial charge >= 0.3 is 18.0 Å². The van der Waals surface area contributed by atoms with Gasteiger partial charge < -0.3 is 24.3 Å². The number of amides is 3. The summed E-state index contributed by atoms with van der Waals surface area (Å²) in [6.07, 6.45) is 1.51. The molecule has 1 fully saturated rings. The van der Waals surface area contributed by atoms with Crippen LogP contribution in [0.15, 0.2) is 70.8 Å². The van der Waals surface area contributed by atoms with E-state index in [2.05, 4.69) is 10.1 Å². The zero-order valence-corrected chi connectivity index (χ0v) is 18.5. The van der Waals surface area contributed by atoms with Crippen molar-refractivity contribution in [3.63, 3.8) is 0 Å². The van der Waals surface area contributed by atoms with Gasteiger partial charge in [0.25, 0.3) is 5.91 Å². The molecule has 0 unspecified atom stereocenters. The maximum absolute atomic E-state index is 12.8. The standard InChI is InChI=1S/C25H20N2O8/c1-33-24(31)21-9-8-19(35-21)13-27-22(28)20(26-25(27)32)12-15-4-3-7-18(11-15)34-14-16-5-2-6-17(10-16)23(29)30/h2-12H,13-14H2,1H3,(H,26,32)(H,29,30)/b20-12-. The first-order valence-corrected chi connectivity index (χ1v) is 10.4. The Morgan fingerprint density at radius 3 is 2.66 bits per heavy atom. The SMILES string of the molecule is COC(=O)c1ccc(CN2C(=O)N/C(=C\c3cccc(OCc4cccc(C(=O)O)c4)c3)C2=O)o1. The number of ether oxygens (including phenoxy) is 2. The maximum atomic E-state index is 12.8. The van der Waals surface area contributed by atoms with Crippen molar-refractivity contribution in [2.24, 2.45) is 0 Å². The highest BCUT2D eigenvalue weighted by Crippen LogP contribution is 2.21. The van der Waals surface area contributed by atoms with Crippen molar-refractivity contribution in [2.75, 3.05) is 7.11 Å². The summed E-state index contributed by atoms with van der Waals surface area (Å²) in [6, 6.07) is 15.6. The van der Waals surface area contributed by atoms with Crippen LogP contribution in [0, 0.1) is 0 Å². The van der Waals surface area contributed by atoms with Crippen LogP contribution in [0.1, 0.15) is 37.8 Å². The van der Waals surface area contributed by atoms with Crippen LogP contribution in [0.2, 0.25) is 0 Å².